The van der Waals surface area contributed by atoms with Crippen LogP contribution in [0.25, 0.3) is 0 Å². The van der Waals surface area contributed by atoms with E-state index in [4.69, 9.17) is 5.11 Å². The topological polar surface area (TPSA) is 66.4 Å². The first-order valence-electron chi connectivity index (χ1n) is 6.80. The van der Waals surface area contributed by atoms with Gasteiger partial charge in [0.2, 0.25) is 0 Å². The number of hydrogen-bond donors (Lipinski definition) is 2. The molecule has 0 fully saturated rings. The molecule has 0 saturated carbocycles. The minimum atomic E-state index is -4.44. The van der Waals surface area contributed by atoms with Crippen molar-refractivity contribution in [2.75, 3.05) is 5.32 Å². The van der Waals surface area contributed by atoms with Crippen LogP contribution in [0.15, 0.2) is 42.5 Å². The van der Waals surface area contributed by atoms with Gasteiger partial charge < -0.3 is 10.4 Å². The Balaban J connectivity index is 2.00. The van der Waals surface area contributed by atoms with Crippen molar-refractivity contribution in [3.63, 3.8) is 0 Å². The zero-order chi connectivity index (χ0) is 18.6. The monoisotopic (exact) mass is 373 g/mol. The number of benzene rings is 2. The van der Waals surface area contributed by atoms with Crippen molar-refractivity contribution in [2.24, 2.45) is 0 Å². The average Bonchev–Trinajstić information content (AvgIpc) is 2.52. The van der Waals surface area contributed by atoms with Gasteiger partial charge in [-0.25, -0.2) is 9.18 Å². The minimum absolute atomic E-state index is 0.0711. The summed E-state index contributed by atoms with van der Waals surface area (Å²) in [7, 11) is 0. The Hall–Kier alpha value is -2.55. The first-order chi connectivity index (χ1) is 11.7. The fourth-order valence-corrected chi connectivity index (χ4v) is 2.60. The van der Waals surface area contributed by atoms with Crippen LogP contribution in [-0.4, -0.2) is 16.3 Å². The summed E-state index contributed by atoms with van der Waals surface area (Å²) in [6, 6.07) is 7.74. The number of alkyl halides is 3. The summed E-state index contributed by atoms with van der Waals surface area (Å²) in [4.78, 5) is 22.9. The molecule has 2 rings (SSSR count). The van der Waals surface area contributed by atoms with Crippen LogP contribution in [-0.2, 0) is 11.9 Å². The highest BCUT2D eigenvalue weighted by molar-refractivity contribution is 8.13. The molecule has 0 heterocycles. The van der Waals surface area contributed by atoms with E-state index >= 15 is 0 Å². The number of anilines is 1. The highest BCUT2D eigenvalue weighted by Gasteiger charge is 2.29. The summed E-state index contributed by atoms with van der Waals surface area (Å²) >= 11 is 0.717. The fraction of sp³-hybridized carbons (Fsp3) is 0.125. The van der Waals surface area contributed by atoms with Crippen molar-refractivity contribution < 1.29 is 32.3 Å². The van der Waals surface area contributed by atoms with Crippen molar-refractivity contribution in [1.82, 2.24) is 0 Å². The van der Waals surface area contributed by atoms with Gasteiger partial charge >= 0.3 is 12.1 Å². The molecular weight excluding hydrogens is 362 g/mol. The molecule has 0 aliphatic carbocycles. The number of rotatable bonds is 4. The quantitative estimate of drug-likeness (QED) is 0.740. The maximum atomic E-state index is 13.5. The third-order valence-electron chi connectivity index (χ3n) is 3.12. The predicted octanol–water partition coefficient (Wildman–Crippen LogP) is 5.01. The molecule has 9 heteroatoms. The molecular formula is C16H11F4NO3S. The van der Waals surface area contributed by atoms with Crippen molar-refractivity contribution in [2.45, 2.75) is 11.9 Å². The highest BCUT2D eigenvalue weighted by Crippen LogP contribution is 2.29. The lowest BCUT2D eigenvalue weighted by atomic mass is 10.1. The Bertz CT molecular complexity index is 791. The number of aromatic carboxylic acids is 1. The van der Waals surface area contributed by atoms with Crippen LogP contribution < -0.4 is 5.32 Å². The van der Waals surface area contributed by atoms with Gasteiger partial charge in [0.15, 0.2) is 0 Å². The molecule has 2 N–H and O–H groups in total. The smallest absolute Gasteiger partial charge is 0.416 e. The molecule has 2 aromatic rings. The normalized spacial score (nSPS) is 11.2. The Morgan fingerprint density at radius 1 is 1.08 bits per heavy atom. The highest BCUT2D eigenvalue weighted by atomic mass is 32.2. The third kappa shape index (κ3) is 4.96. The van der Waals surface area contributed by atoms with E-state index in [0.717, 1.165) is 30.0 Å². The van der Waals surface area contributed by atoms with E-state index in [0.29, 0.717) is 5.56 Å². The third-order valence-corrected chi connectivity index (χ3v) is 3.96. The average molecular weight is 373 g/mol. The minimum Gasteiger partial charge on any atom is -0.478 e. The van der Waals surface area contributed by atoms with Crippen LogP contribution in [0.2, 0.25) is 0 Å². The van der Waals surface area contributed by atoms with Gasteiger partial charge in [0.25, 0.3) is 5.24 Å². The van der Waals surface area contributed by atoms with Gasteiger partial charge in [-0.3, -0.25) is 4.79 Å². The van der Waals surface area contributed by atoms with E-state index in [9.17, 15) is 27.2 Å². The van der Waals surface area contributed by atoms with E-state index in [1.54, 1.807) is 0 Å². The second-order valence-electron chi connectivity index (χ2n) is 4.86. The number of carboxylic acids is 1. The maximum Gasteiger partial charge on any atom is 0.416 e. The Morgan fingerprint density at radius 2 is 1.72 bits per heavy atom. The maximum absolute atomic E-state index is 13.5. The molecule has 0 bridgehead atoms. The van der Waals surface area contributed by atoms with Gasteiger partial charge in [-0.05, 0) is 29.8 Å². The van der Waals surface area contributed by atoms with Crippen molar-refractivity contribution in [1.29, 1.82) is 0 Å². The van der Waals surface area contributed by atoms with E-state index in [2.05, 4.69) is 5.32 Å². The first kappa shape index (κ1) is 18.8. The van der Waals surface area contributed by atoms with Crippen LogP contribution in [0.3, 0.4) is 0 Å². The summed E-state index contributed by atoms with van der Waals surface area (Å²) in [5.74, 6) is -2.44. The van der Waals surface area contributed by atoms with Crippen LogP contribution in [0.1, 0.15) is 21.5 Å². The van der Waals surface area contributed by atoms with Gasteiger partial charge in [-0.1, -0.05) is 30.0 Å². The van der Waals surface area contributed by atoms with Crippen molar-refractivity contribution in [3.8, 4) is 0 Å². The summed E-state index contributed by atoms with van der Waals surface area (Å²) in [5, 5.41) is 10.6. The van der Waals surface area contributed by atoms with E-state index < -0.39 is 34.3 Å². The molecule has 0 spiro atoms. The Morgan fingerprint density at radius 3 is 2.28 bits per heavy atom. The predicted molar refractivity (Wildman–Crippen MR) is 85.1 cm³/mol. The van der Waals surface area contributed by atoms with E-state index in [-0.39, 0.29) is 11.4 Å². The number of halogens is 4. The molecule has 0 aliphatic rings. The number of carbonyl (C=O) groups excluding carboxylic acids is 1. The zero-order valence-electron chi connectivity index (χ0n) is 12.4. The van der Waals surface area contributed by atoms with Crippen LogP contribution in [0.5, 0.6) is 0 Å². The number of hydrogen-bond acceptors (Lipinski definition) is 3. The lowest BCUT2D eigenvalue weighted by Gasteiger charge is -2.09. The van der Waals surface area contributed by atoms with E-state index in [1.165, 1.54) is 24.3 Å². The molecule has 1 amide bonds. The van der Waals surface area contributed by atoms with Crippen LogP contribution >= 0.6 is 11.8 Å². The van der Waals surface area contributed by atoms with Crippen LogP contribution in [0.4, 0.5) is 28.0 Å². The van der Waals surface area contributed by atoms with Gasteiger partial charge in [0, 0.05) is 5.75 Å². The molecule has 132 valence electrons. The SMILES string of the molecule is O=C(Nc1cccc(F)c1C(=O)O)SCc1ccc(C(F)(F)F)cc1. The molecule has 2 aromatic carbocycles. The summed E-state index contributed by atoms with van der Waals surface area (Å²) in [6.07, 6.45) is -4.44. The number of amides is 1. The Kier molecular flexibility index (Phi) is 5.68. The molecule has 0 aliphatic heterocycles. The second kappa shape index (κ2) is 7.56. The summed E-state index contributed by atoms with van der Waals surface area (Å²) in [5.41, 5.74) is -1.18. The van der Waals surface area contributed by atoms with Crippen molar-refractivity contribution in [3.05, 3.63) is 65.0 Å². The van der Waals surface area contributed by atoms with Gasteiger partial charge in [-0.15, -0.1) is 0 Å². The molecule has 0 radical (unpaired) electrons. The molecule has 0 saturated heterocycles. The number of carbonyl (C=O) groups is 2. The zero-order valence-corrected chi connectivity index (χ0v) is 13.2. The molecule has 0 unspecified atom stereocenters. The summed E-state index contributed by atoms with van der Waals surface area (Å²) in [6.45, 7) is 0. The summed E-state index contributed by atoms with van der Waals surface area (Å²) < 4.78 is 50.9. The Labute approximate surface area is 143 Å². The first-order valence-corrected chi connectivity index (χ1v) is 7.79. The van der Waals surface area contributed by atoms with Crippen molar-refractivity contribution >= 4 is 28.7 Å². The lowest BCUT2D eigenvalue weighted by Crippen LogP contribution is -2.11. The standard InChI is InChI=1S/C16H11F4NO3S/c17-11-2-1-3-12(13(11)14(22)23)21-15(24)25-8-9-4-6-10(7-5-9)16(18,19)20/h1-7H,8H2,(H,21,24)(H,22,23). The molecule has 25 heavy (non-hydrogen) atoms. The fourth-order valence-electron chi connectivity index (χ4n) is 1.93. The number of thioether (sulfide) groups is 1. The van der Waals surface area contributed by atoms with Crippen LogP contribution in [0, 0.1) is 5.82 Å². The number of carboxylic acid groups (broad SMARTS) is 1. The largest absolute Gasteiger partial charge is 0.478 e. The van der Waals surface area contributed by atoms with Gasteiger partial charge in [-0.2, -0.15) is 13.2 Å². The molecule has 4 nitrogen and oxygen atoms in total. The molecule has 0 atom stereocenters. The number of nitrogens with one attached hydrogen (secondary N) is 1. The molecule has 0 aromatic heterocycles. The second-order valence-corrected chi connectivity index (χ2v) is 5.81. The van der Waals surface area contributed by atoms with Gasteiger partial charge in [0.1, 0.15) is 11.4 Å². The lowest BCUT2D eigenvalue weighted by molar-refractivity contribution is -0.137. The van der Waals surface area contributed by atoms with Gasteiger partial charge in [0.05, 0.1) is 11.3 Å². The van der Waals surface area contributed by atoms with E-state index in [1.807, 2.05) is 0 Å².